The van der Waals surface area contributed by atoms with Gasteiger partial charge in [0, 0.05) is 24.4 Å². The number of halogens is 1. The van der Waals surface area contributed by atoms with Crippen LogP contribution >= 0.6 is 0 Å². The van der Waals surface area contributed by atoms with Crippen LogP contribution in [0.15, 0.2) is 59.5 Å². The number of amides is 1. The van der Waals surface area contributed by atoms with Crippen LogP contribution in [0.5, 0.6) is 0 Å². The number of rotatable bonds is 8. The number of aldehydes is 1. The molecule has 0 aliphatic rings. The molecule has 3 aromatic rings. The highest BCUT2D eigenvalue weighted by Gasteiger charge is 2.11. The summed E-state index contributed by atoms with van der Waals surface area (Å²) in [5.74, 6) is -1.15. The summed E-state index contributed by atoms with van der Waals surface area (Å²) in [6.07, 6.45) is 4.22. The molecule has 0 saturated heterocycles. The molecule has 3 rings (SSSR count). The van der Waals surface area contributed by atoms with E-state index < -0.39 is 5.91 Å². The van der Waals surface area contributed by atoms with Gasteiger partial charge in [-0.2, -0.15) is 0 Å². The van der Waals surface area contributed by atoms with Crippen molar-refractivity contribution in [3.8, 4) is 0 Å². The highest BCUT2D eigenvalue weighted by molar-refractivity contribution is 6.29. The maximum atomic E-state index is 13.9. The van der Waals surface area contributed by atoms with E-state index in [0.29, 0.717) is 17.0 Å². The van der Waals surface area contributed by atoms with Gasteiger partial charge in [-0.1, -0.05) is 23.4 Å². The van der Waals surface area contributed by atoms with Gasteiger partial charge in [0.1, 0.15) is 29.3 Å². The molecule has 10 heteroatoms. The van der Waals surface area contributed by atoms with Crippen molar-refractivity contribution in [1.29, 1.82) is 5.41 Å². The molecule has 0 aliphatic heterocycles. The van der Waals surface area contributed by atoms with Crippen LogP contribution in [0.4, 0.5) is 10.2 Å². The average Bonchev–Trinajstić information content (AvgIpc) is 3.27. The molecule has 29 heavy (non-hydrogen) atoms. The number of hydrogen-bond donors (Lipinski definition) is 3. The quantitative estimate of drug-likeness (QED) is 0.302. The zero-order valence-corrected chi connectivity index (χ0v) is 14.9. The third-order valence-corrected chi connectivity index (χ3v) is 3.68. The summed E-state index contributed by atoms with van der Waals surface area (Å²) in [6.45, 7) is 0.148. The maximum absolute atomic E-state index is 13.9. The minimum Gasteiger partial charge on any atom is -0.379 e. The van der Waals surface area contributed by atoms with E-state index in [-0.39, 0.29) is 36.0 Å². The molecule has 2 heterocycles. The van der Waals surface area contributed by atoms with E-state index in [4.69, 9.17) is 9.93 Å². The lowest BCUT2D eigenvalue weighted by Gasteiger charge is -2.10. The van der Waals surface area contributed by atoms with Gasteiger partial charge in [-0.15, -0.1) is 0 Å². The first-order chi connectivity index (χ1) is 14.1. The van der Waals surface area contributed by atoms with Crippen molar-refractivity contribution >= 4 is 29.4 Å². The Hall–Kier alpha value is -4.21. The van der Waals surface area contributed by atoms with Crippen LogP contribution in [0.3, 0.4) is 0 Å². The van der Waals surface area contributed by atoms with Crippen molar-refractivity contribution in [3.63, 3.8) is 0 Å². The second-order valence-electron chi connectivity index (χ2n) is 5.67. The molecule has 0 atom stereocenters. The van der Waals surface area contributed by atoms with E-state index in [2.05, 4.69) is 25.8 Å². The summed E-state index contributed by atoms with van der Waals surface area (Å²) in [4.78, 5) is 29.7. The van der Waals surface area contributed by atoms with Gasteiger partial charge in [0.15, 0.2) is 5.82 Å². The Morgan fingerprint density at radius 1 is 1.24 bits per heavy atom. The highest BCUT2D eigenvalue weighted by Crippen LogP contribution is 2.13. The maximum Gasteiger partial charge on any atom is 0.289 e. The van der Waals surface area contributed by atoms with Crippen LogP contribution in [0, 0.1) is 11.2 Å². The Balaban J connectivity index is 1.83. The third kappa shape index (κ3) is 5.16. The molecule has 3 N–H and O–H groups in total. The predicted molar refractivity (Wildman–Crippen MR) is 101 cm³/mol. The van der Waals surface area contributed by atoms with Crippen molar-refractivity contribution in [2.75, 3.05) is 5.32 Å². The van der Waals surface area contributed by atoms with Gasteiger partial charge >= 0.3 is 0 Å². The predicted octanol–water partition coefficient (Wildman–Crippen LogP) is 1.94. The number of carbonyl (C=O) groups excluding carboxylic acids is 2. The number of allylic oxidation sites excluding steroid dienone is 1. The monoisotopic (exact) mass is 394 g/mol. The Kier molecular flexibility index (Phi) is 6.15. The van der Waals surface area contributed by atoms with E-state index >= 15 is 0 Å². The Labute approximate surface area is 164 Å². The van der Waals surface area contributed by atoms with Crippen molar-refractivity contribution in [2.45, 2.75) is 6.54 Å². The fraction of sp³-hybridized carbons (Fsp3) is 0.0526. The van der Waals surface area contributed by atoms with Gasteiger partial charge in [-0.05, 0) is 18.2 Å². The summed E-state index contributed by atoms with van der Waals surface area (Å²) in [5, 5.41) is 17.4. The van der Waals surface area contributed by atoms with Crippen LogP contribution in [-0.2, 0) is 16.1 Å². The van der Waals surface area contributed by atoms with E-state index in [1.807, 2.05) is 0 Å². The molecule has 0 fully saturated rings. The SMILES string of the molecule is N=C(/C=C(\NCc1ccccc1F)c1ccon1)c1nccc(NC(=O)C=O)n1. The third-order valence-electron chi connectivity index (χ3n) is 3.68. The van der Waals surface area contributed by atoms with Crippen LogP contribution < -0.4 is 10.6 Å². The molecule has 0 aliphatic carbocycles. The highest BCUT2D eigenvalue weighted by atomic mass is 19.1. The fourth-order valence-electron chi connectivity index (χ4n) is 2.32. The lowest BCUT2D eigenvalue weighted by Crippen LogP contribution is -2.17. The van der Waals surface area contributed by atoms with Crippen LogP contribution in [0.2, 0.25) is 0 Å². The first kappa shape index (κ1) is 19.5. The average molecular weight is 394 g/mol. The molecular weight excluding hydrogens is 379 g/mol. The van der Waals surface area contributed by atoms with Gasteiger partial charge in [-0.3, -0.25) is 15.0 Å². The first-order valence-corrected chi connectivity index (χ1v) is 8.34. The van der Waals surface area contributed by atoms with Crippen molar-refractivity contribution in [2.24, 2.45) is 0 Å². The van der Waals surface area contributed by atoms with Gasteiger partial charge in [0.2, 0.25) is 6.29 Å². The largest absolute Gasteiger partial charge is 0.379 e. The van der Waals surface area contributed by atoms with Gasteiger partial charge in [0.05, 0.1) is 5.70 Å². The van der Waals surface area contributed by atoms with Gasteiger partial charge in [-0.25, -0.2) is 14.4 Å². The van der Waals surface area contributed by atoms with E-state index in [0.717, 1.165) is 0 Å². The Morgan fingerprint density at radius 2 is 2.07 bits per heavy atom. The zero-order chi connectivity index (χ0) is 20.6. The summed E-state index contributed by atoms with van der Waals surface area (Å²) in [7, 11) is 0. The number of aromatic nitrogens is 3. The summed E-state index contributed by atoms with van der Waals surface area (Å²) in [6, 6.07) is 9.26. The second-order valence-corrected chi connectivity index (χ2v) is 5.67. The number of carbonyl (C=O) groups is 2. The molecule has 0 spiro atoms. The van der Waals surface area contributed by atoms with Crippen LogP contribution in [-0.4, -0.2) is 33.0 Å². The second kappa shape index (κ2) is 9.13. The molecule has 2 aromatic heterocycles. The van der Waals surface area contributed by atoms with E-state index in [1.54, 1.807) is 24.3 Å². The standard InChI is InChI=1S/C19H15FN6O3/c20-13-4-2-1-3-12(13)10-23-16(15-6-8-29-26-15)9-14(21)19-22-7-5-17(25-19)24-18(28)11-27/h1-9,11,21,23H,10H2,(H,22,24,25,28)/b16-9-,21-14?. The summed E-state index contributed by atoms with van der Waals surface area (Å²) in [5.41, 5.74) is 1.11. The van der Waals surface area contributed by atoms with Gasteiger partial charge < -0.3 is 15.2 Å². The molecule has 1 amide bonds. The van der Waals surface area contributed by atoms with E-state index in [9.17, 15) is 14.0 Å². The molecule has 1 aromatic carbocycles. The Bertz CT molecular complexity index is 1070. The van der Waals surface area contributed by atoms with Crippen LogP contribution in [0.1, 0.15) is 17.1 Å². The van der Waals surface area contributed by atoms with E-state index in [1.165, 1.54) is 30.7 Å². The summed E-state index contributed by atoms with van der Waals surface area (Å²) < 4.78 is 18.7. The molecule has 9 nitrogen and oxygen atoms in total. The van der Waals surface area contributed by atoms with Crippen molar-refractivity contribution < 1.29 is 18.5 Å². The molecule has 146 valence electrons. The topological polar surface area (TPSA) is 134 Å². The zero-order valence-electron chi connectivity index (χ0n) is 14.9. The summed E-state index contributed by atoms with van der Waals surface area (Å²) >= 11 is 0. The molecule has 0 unspecified atom stereocenters. The van der Waals surface area contributed by atoms with Crippen LogP contribution in [0.25, 0.3) is 5.70 Å². The first-order valence-electron chi connectivity index (χ1n) is 8.34. The number of hydrogen-bond acceptors (Lipinski definition) is 8. The minimum absolute atomic E-state index is 0.00221. The lowest BCUT2D eigenvalue weighted by atomic mass is 10.2. The molecule has 0 radical (unpaired) electrons. The number of benzene rings is 1. The smallest absolute Gasteiger partial charge is 0.289 e. The van der Waals surface area contributed by atoms with Crippen molar-refractivity contribution in [3.05, 3.63) is 77.8 Å². The fourth-order valence-corrected chi connectivity index (χ4v) is 2.32. The number of anilines is 1. The molecular formula is C19H15FN6O3. The Morgan fingerprint density at radius 3 is 2.79 bits per heavy atom. The lowest BCUT2D eigenvalue weighted by molar-refractivity contribution is -0.127. The van der Waals surface area contributed by atoms with Gasteiger partial charge in [0.25, 0.3) is 5.91 Å². The number of nitrogens with one attached hydrogen (secondary N) is 3. The minimum atomic E-state index is -0.869. The number of nitrogens with zero attached hydrogens (tertiary/aromatic N) is 3. The van der Waals surface area contributed by atoms with Crippen molar-refractivity contribution in [1.82, 2.24) is 20.4 Å². The molecule has 0 bridgehead atoms. The normalized spacial score (nSPS) is 11.0. The molecule has 0 saturated carbocycles.